The van der Waals surface area contributed by atoms with Gasteiger partial charge in [-0.15, -0.1) is 11.3 Å². The van der Waals surface area contributed by atoms with Crippen LogP contribution < -0.4 is 0 Å². The smallest absolute Gasteiger partial charge is 0.140 e. The Morgan fingerprint density at radius 2 is 2.36 bits per heavy atom. The van der Waals surface area contributed by atoms with E-state index in [0.29, 0.717) is 12.8 Å². The normalized spacial score (nSPS) is 12.8. The highest BCUT2D eigenvalue weighted by molar-refractivity contribution is 7.16. The largest absolute Gasteiger partial charge is 0.381 e. The summed E-state index contributed by atoms with van der Waals surface area (Å²) in [6.07, 6.45) is 0.926. The second-order valence-corrected chi connectivity index (χ2v) is 4.97. The molecule has 78 valence electrons. The van der Waals surface area contributed by atoms with Crippen LogP contribution in [0.1, 0.15) is 18.2 Å². The van der Waals surface area contributed by atoms with Crippen LogP contribution >= 0.6 is 22.9 Å². The van der Waals surface area contributed by atoms with Crippen molar-refractivity contribution in [2.45, 2.75) is 25.9 Å². The van der Waals surface area contributed by atoms with Crippen molar-refractivity contribution in [2.75, 3.05) is 7.11 Å². The van der Waals surface area contributed by atoms with Crippen LogP contribution in [0.2, 0.25) is 4.34 Å². The maximum atomic E-state index is 11.5. The fourth-order valence-electron chi connectivity index (χ4n) is 1.12. The van der Waals surface area contributed by atoms with E-state index in [1.165, 1.54) is 11.3 Å². The van der Waals surface area contributed by atoms with Gasteiger partial charge >= 0.3 is 0 Å². The lowest BCUT2D eigenvalue weighted by atomic mass is 10.1. The van der Waals surface area contributed by atoms with Gasteiger partial charge in [0.2, 0.25) is 0 Å². The topological polar surface area (TPSA) is 26.3 Å². The average molecular weight is 233 g/mol. The van der Waals surface area contributed by atoms with Crippen LogP contribution in [0.25, 0.3) is 0 Å². The Kier molecular flexibility index (Phi) is 4.58. The zero-order valence-corrected chi connectivity index (χ0v) is 9.82. The summed E-state index contributed by atoms with van der Waals surface area (Å²) >= 11 is 7.21. The summed E-state index contributed by atoms with van der Waals surface area (Å²) < 4.78 is 5.75. The molecule has 1 unspecified atom stereocenters. The third-order valence-corrected chi connectivity index (χ3v) is 3.15. The standard InChI is InChI=1S/C10H13ClO2S/c1-7(13-2)5-8(12)6-9-3-4-10(11)14-9/h3-4,7H,5-6H2,1-2H3. The van der Waals surface area contributed by atoms with Crippen LogP contribution in [-0.4, -0.2) is 19.0 Å². The van der Waals surface area contributed by atoms with Crippen molar-refractivity contribution < 1.29 is 9.53 Å². The predicted octanol–water partition coefficient (Wildman–Crippen LogP) is 2.94. The molecule has 0 fully saturated rings. The first kappa shape index (κ1) is 11.7. The lowest BCUT2D eigenvalue weighted by molar-refractivity contribution is -0.120. The zero-order chi connectivity index (χ0) is 10.6. The number of ketones is 1. The molecule has 1 rings (SSSR count). The number of carbonyl (C=O) groups is 1. The molecule has 0 radical (unpaired) electrons. The van der Waals surface area contributed by atoms with E-state index in [9.17, 15) is 4.79 Å². The van der Waals surface area contributed by atoms with Gasteiger partial charge in [-0.2, -0.15) is 0 Å². The second kappa shape index (κ2) is 5.49. The minimum Gasteiger partial charge on any atom is -0.381 e. The highest BCUT2D eigenvalue weighted by atomic mass is 35.5. The Balaban J connectivity index is 2.41. The van der Waals surface area contributed by atoms with E-state index in [4.69, 9.17) is 16.3 Å². The van der Waals surface area contributed by atoms with Crippen molar-refractivity contribution in [2.24, 2.45) is 0 Å². The van der Waals surface area contributed by atoms with E-state index < -0.39 is 0 Å². The fourth-order valence-corrected chi connectivity index (χ4v) is 2.23. The predicted molar refractivity (Wildman–Crippen MR) is 59.1 cm³/mol. The van der Waals surface area contributed by atoms with Crippen molar-refractivity contribution in [3.63, 3.8) is 0 Å². The van der Waals surface area contributed by atoms with Gasteiger partial charge in [-0.3, -0.25) is 4.79 Å². The van der Waals surface area contributed by atoms with Gasteiger partial charge in [0, 0.05) is 24.8 Å². The molecule has 14 heavy (non-hydrogen) atoms. The molecular weight excluding hydrogens is 220 g/mol. The fraction of sp³-hybridized carbons (Fsp3) is 0.500. The first-order valence-corrected chi connectivity index (χ1v) is 5.60. The van der Waals surface area contributed by atoms with Crippen LogP contribution in [0.4, 0.5) is 0 Å². The highest BCUT2D eigenvalue weighted by Crippen LogP contribution is 2.22. The first-order valence-electron chi connectivity index (χ1n) is 4.40. The van der Waals surface area contributed by atoms with E-state index in [1.54, 1.807) is 7.11 Å². The molecule has 4 heteroatoms. The minimum absolute atomic E-state index is 0.00191. The lowest BCUT2D eigenvalue weighted by Gasteiger charge is -2.06. The number of hydrogen-bond donors (Lipinski definition) is 0. The third-order valence-electron chi connectivity index (χ3n) is 1.92. The molecule has 1 atom stereocenters. The molecule has 0 amide bonds. The third kappa shape index (κ3) is 3.78. The van der Waals surface area contributed by atoms with E-state index >= 15 is 0 Å². The zero-order valence-electron chi connectivity index (χ0n) is 8.25. The molecule has 0 aliphatic heterocycles. The van der Waals surface area contributed by atoms with E-state index in [2.05, 4.69) is 0 Å². The molecule has 0 saturated heterocycles. The Bertz CT molecular complexity index is 309. The molecule has 1 aromatic heterocycles. The first-order chi connectivity index (χ1) is 6.61. The molecule has 0 aliphatic carbocycles. The maximum absolute atomic E-state index is 11.5. The summed E-state index contributed by atoms with van der Waals surface area (Å²) in [5.41, 5.74) is 0. The monoisotopic (exact) mass is 232 g/mol. The molecule has 1 aromatic rings. The van der Waals surface area contributed by atoms with Crippen molar-refractivity contribution in [3.05, 3.63) is 21.3 Å². The summed E-state index contributed by atoms with van der Waals surface area (Å²) in [6.45, 7) is 1.89. The molecule has 2 nitrogen and oxygen atoms in total. The number of ether oxygens (including phenoxy) is 1. The van der Waals surface area contributed by atoms with E-state index in [-0.39, 0.29) is 11.9 Å². The summed E-state index contributed by atoms with van der Waals surface area (Å²) in [6, 6.07) is 3.71. The molecule has 0 spiro atoms. The molecule has 0 aliphatic rings. The summed E-state index contributed by atoms with van der Waals surface area (Å²) in [5.74, 6) is 0.192. The van der Waals surface area contributed by atoms with Gasteiger partial charge in [0.1, 0.15) is 5.78 Å². The second-order valence-electron chi connectivity index (χ2n) is 3.17. The number of hydrogen-bond acceptors (Lipinski definition) is 3. The van der Waals surface area contributed by atoms with Crippen molar-refractivity contribution in [3.8, 4) is 0 Å². The van der Waals surface area contributed by atoms with Gasteiger partial charge in [0.25, 0.3) is 0 Å². The van der Waals surface area contributed by atoms with Crippen LogP contribution in [-0.2, 0) is 16.0 Å². The average Bonchev–Trinajstić information content (AvgIpc) is 2.50. The Hall–Kier alpha value is -0.380. The van der Waals surface area contributed by atoms with Gasteiger partial charge in [-0.25, -0.2) is 0 Å². The Labute approximate surface area is 92.8 Å². The number of thiophene rings is 1. The van der Waals surface area contributed by atoms with Crippen molar-refractivity contribution in [1.29, 1.82) is 0 Å². The van der Waals surface area contributed by atoms with E-state index in [0.717, 1.165) is 9.21 Å². The Morgan fingerprint density at radius 1 is 1.64 bits per heavy atom. The number of methoxy groups -OCH3 is 1. The van der Waals surface area contributed by atoms with Gasteiger partial charge in [-0.05, 0) is 19.1 Å². The molecule has 0 N–H and O–H groups in total. The van der Waals surface area contributed by atoms with Gasteiger partial charge in [0.05, 0.1) is 10.4 Å². The van der Waals surface area contributed by atoms with Crippen molar-refractivity contribution in [1.82, 2.24) is 0 Å². The highest BCUT2D eigenvalue weighted by Gasteiger charge is 2.10. The number of Topliss-reactive ketones (excluding diaryl/α,β-unsaturated/α-hetero) is 1. The maximum Gasteiger partial charge on any atom is 0.140 e. The van der Waals surface area contributed by atoms with Crippen LogP contribution in [0.5, 0.6) is 0 Å². The van der Waals surface area contributed by atoms with E-state index in [1.807, 2.05) is 19.1 Å². The van der Waals surface area contributed by atoms with Crippen LogP contribution in [0.3, 0.4) is 0 Å². The Morgan fingerprint density at radius 3 is 2.86 bits per heavy atom. The van der Waals surface area contributed by atoms with Gasteiger partial charge in [0.15, 0.2) is 0 Å². The number of carbonyl (C=O) groups excluding carboxylic acids is 1. The SMILES string of the molecule is COC(C)CC(=O)Cc1ccc(Cl)s1. The van der Waals surface area contributed by atoms with Gasteiger partial charge in [-0.1, -0.05) is 11.6 Å². The number of halogens is 1. The van der Waals surface area contributed by atoms with Gasteiger partial charge < -0.3 is 4.74 Å². The molecule has 1 heterocycles. The quantitative estimate of drug-likeness (QED) is 0.780. The minimum atomic E-state index is -0.00191. The molecular formula is C10H13ClO2S. The molecule has 0 bridgehead atoms. The summed E-state index contributed by atoms with van der Waals surface area (Å²) in [5, 5.41) is 0. The van der Waals surface area contributed by atoms with Crippen LogP contribution in [0.15, 0.2) is 12.1 Å². The lowest BCUT2D eigenvalue weighted by Crippen LogP contribution is -2.13. The molecule has 0 saturated carbocycles. The van der Waals surface area contributed by atoms with Crippen molar-refractivity contribution >= 4 is 28.7 Å². The summed E-state index contributed by atoms with van der Waals surface area (Å²) in [7, 11) is 1.61. The van der Waals surface area contributed by atoms with Crippen LogP contribution in [0, 0.1) is 0 Å². The molecule has 0 aromatic carbocycles. The summed E-state index contributed by atoms with van der Waals surface area (Å²) in [4.78, 5) is 12.5. The number of rotatable bonds is 5.